The number of aromatic nitrogens is 5. The van der Waals surface area contributed by atoms with Gasteiger partial charge in [-0.1, -0.05) is 48.0 Å². The maximum Gasteiger partial charge on any atom is 0.417 e. The van der Waals surface area contributed by atoms with Crippen molar-refractivity contribution in [1.29, 1.82) is 0 Å². The number of hydrogen-bond acceptors (Lipinski definition) is 5. The third-order valence-corrected chi connectivity index (χ3v) is 11.4. The number of halogens is 8. The summed E-state index contributed by atoms with van der Waals surface area (Å²) in [7, 11) is 0. The molecule has 0 atom stereocenters. The lowest BCUT2D eigenvalue weighted by Gasteiger charge is -2.15. The highest BCUT2D eigenvalue weighted by molar-refractivity contribution is 6.06. The van der Waals surface area contributed by atoms with Crippen LogP contribution in [-0.4, -0.2) is 35.6 Å². The maximum absolute atomic E-state index is 14.4. The van der Waals surface area contributed by atoms with Crippen LogP contribution in [0.1, 0.15) is 37.5 Å². The number of fused-ring (bicyclic) bond motifs is 2. The number of carbonyl (C=O) groups excluding carboxylic acids is 2. The van der Waals surface area contributed by atoms with E-state index >= 15 is 0 Å². The first-order valence-corrected chi connectivity index (χ1v) is 21.5. The Morgan fingerprint density at radius 2 is 1.23 bits per heavy atom. The number of hydrogen-bond donors (Lipinski definition) is 2. The van der Waals surface area contributed by atoms with Crippen LogP contribution in [0, 0.1) is 42.9 Å². The minimum absolute atomic E-state index is 0.0183. The second-order valence-electron chi connectivity index (χ2n) is 16.1. The average molecular weight is 966 g/mol. The molecule has 10 aromatic rings. The topological polar surface area (TPSA) is 106 Å². The van der Waals surface area contributed by atoms with E-state index in [1.54, 1.807) is 84.3 Å². The lowest BCUT2D eigenvalue weighted by Crippen LogP contribution is -2.19. The minimum Gasteiger partial charge on any atom is -0.322 e. The van der Waals surface area contributed by atoms with Crippen LogP contribution in [0.2, 0.25) is 0 Å². The van der Waals surface area contributed by atoms with Crippen molar-refractivity contribution in [1.82, 2.24) is 23.8 Å². The van der Waals surface area contributed by atoms with Crippen LogP contribution < -0.4 is 10.6 Å². The quantitative estimate of drug-likeness (QED) is 0.148. The molecule has 0 aliphatic heterocycles. The number of aryl methyl sites for hydroxylation is 2. The monoisotopic (exact) mass is 965 g/mol. The molecule has 2 amide bonds. The Bertz CT molecular complexity index is 3660. The van der Waals surface area contributed by atoms with Gasteiger partial charge in [0.1, 0.15) is 23.5 Å². The first-order chi connectivity index (χ1) is 34.0. The van der Waals surface area contributed by atoms with Gasteiger partial charge in [-0.3, -0.25) is 18.4 Å². The van der Waals surface area contributed by atoms with Crippen molar-refractivity contribution in [2.24, 2.45) is 0 Å². The fourth-order valence-electron chi connectivity index (χ4n) is 7.87. The highest BCUT2D eigenvalue weighted by Gasteiger charge is 2.35. The van der Waals surface area contributed by atoms with Crippen molar-refractivity contribution < 1.29 is 44.7 Å². The second kappa shape index (κ2) is 19.2. The van der Waals surface area contributed by atoms with E-state index in [0.29, 0.717) is 56.3 Å². The molecule has 5 aromatic heterocycles. The van der Waals surface area contributed by atoms with Crippen LogP contribution in [0.3, 0.4) is 0 Å². The van der Waals surface area contributed by atoms with Crippen molar-refractivity contribution in [2.75, 3.05) is 10.6 Å². The molecular formula is C54H35F8N7O2. The summed E-state index contributed by atoms with van der Waals surface area (Å²) in [5.41, 5.74) is 4.19. The molecule has 9 nitrogen and oxygen atoms in total. The molecule has 2 N–H and O–H groups in total. The van der Waals surface area contributed by atoms with Crippen molar-refractivity contribution in [3.63, 3.8) is 0 Å². The standard InChI is InChI=1S/C28H18F5N3O.C26H17F3N4O/c1-16-7-10-18(11-8-16)35-27(37)21-14-17(9-12-22(21)28(31,32)33)19-5-3-13-36-24(15-34-26(19)36)20-4-2-6-23(29)25(20)30;1-15-8-13-20(32-24(15)26(34)31-17-11-9-16(27)10-12-17)21-6-3-7-22-25(30-14-33(21)22)18-4-2-5-19(28)23(18)29/h2-15H,1H3,(H,35,37);2-14H,1H3,(H,31,34). The van der Waals surface area contributed by atoms with E-state index in [2.05, 4.69) is 25.6 Å². The molecule has 0 radical (unpaired) electrons. The predicted molar refractivity (Wildman–Crippen MR) is 253 cm³/mol. The van der Waals surface area contributed by atoms with E-state index in [4.69, 9.17) is 0 Å². The number of anilines is 2. The molecule has 5 heterocycles. The molecule has 10 rings (SSSR count). The zero-order chi connectivity index (χ0) is 50.1. The Morgan fingerprint density at radius 3 is 1.93 bits per heavy atom. The number of carbonyl (C=O) groups is 2. The van der Waals surface area contributed by atoms with Crippen molar-refractivity contribution in [2.45, 2.75) is 20.0 Å². The van der Waals surface area contributed by atoms with Gasteiger partial charge in [-0.2, -0.15) is 13.2 Å². The van der Waals surface area contributed by atoms with Crippen LogP contribution in [0.25, 0.3) is 56.2 Å². The third-order valence-electron chi connectivity index (χ3n) is 11.4. The molecule has 0 aliphatic carbocycles. The molecule has 0 bridgehead atoms. The molecule has 5 aromatic carbocycles. The molecule has 0 unspecified atom stereocenters. The lowest BCUT2D eigenvalue weighted by atomic mass is 9.98. The van der Waals surface area contributed by atoms with Gasteiger partial charge in [0.05, 0.1) is 45.6 Å². The summed E-state index contributed by atoms with van der Waals surface area (Å²) in [5, 5.41) is 5.23. The summed E-state index contributed by atoms with van der Waals surface area (Å²) >= 11 is 0. The molecule has 0 saturated carbocycles. The van der Waals surface area contributed by atoms with Gasteiger partial charge < -0.3 is 10.6 Å². The molecule has 0 aliphatic rings. The number of nitrogens with one attached hydrogen (secondary N) is 2. The minimum atomic E-state index is -4.76. The number of nitrogens with zero attached hydrogens (tertiary/aromatic N) is 5. The zero-order valence-corrected chi connectivity index (χ0v) is 37.2. The zero-order valence-electron chi connectivity index (χ0n) is 37.2. The number of alkyl halides is 3. The van der Waals surface area contributed by atoms with E-state index in [-0.39, 0.29) is 22.5 Å². The number of rotatable bonds is 8. The normalized spacial score (nSPS) is 11.4. The summed E-state index contributed by atoms with van der Waals surface area (Å²) in [6.45, 7) is 3.61. The first kappa shape index (κ1) is 47.1. The van der Waals surface area contributed by atoms with Crippen molar-refractivity contribution in [3.8, 4) is 45.0 Å². The van der Waals surface area contributed by atoms with Gasteiger partial charge in [0, 0.05) is 34.3 Å². The van der Waals surface area contributed by atoms with E-state index in [0.717, 1.165) is 29.8 Å². The lowest BCUT2D eigenvalue weighted by molar-refractivity contribution is -0.137. The third kappa shape index (κ3) is 9.57. The molecule has 0 fully saturated rings. The fraction of sp³-hybridized carbons (Fsp3) is 0.0556. The molecule has 354 valence electrons. The van der Waals surface area contributed by atoms with Crippen LogP contribution in [-0.2, 0) is 6.18 Å². The number of pyridine rings is 3. The van der Waals surface area contributed by atoms with Gasteiger partial charge in [-0.25, -0.2) is 36.9 Å². The predicted octanol–water partition coefficient (Wildman–Crippen LogP) is 13.6. The Kier molecular flexibility index (Phi) is 12.7. The summed E-state index contributed by atoms with van der Waals surface area (Å²) in [4.78, 5) is 39.0. The largest absolute Gasteiger partial charge is 0.417 e. The van der Waals surface area contributed by atoms with E-state index in [1.807, 2.05) is 6.92 Å². The Balaban J connectivity index is 0.000000176. The van der Waals surface area contributed by atoms with Gasteiger partial charge in [-0.15, -0.1) is 0 Å². The second-order valence-corrected chi connectivity index (χ2v) is 16.1. The Morgan fingerprint density at radius 1 is 0.592 bits per heavy atom. The number of amides is 2. The van der Waals surface area contributed by atoms with Gasteiger partial charge in [0.25, 0.3) is 11.8 Å². The summed E-state index contributed by atoms with van der Waals surface area (Å²) in [5.74, 6) is -5.74. The molecule has 0 saturated heterocycles. The number of benzene rings is 5. The SMILES string of the molecule is Cc1ccc(-c2cccc3c(-c4cccc(F)c4F)ncn23)nc1C(=O)Nc1ccc(F)cc1.Cc1ccc(NC(=O)c2cc(-c3cccn4c(-c5cccc(F)c5F)cnc34)ccc2C(F)(F)F)cc1. The van der Waals surface area contributed by atoms with Gasteiger partial charge in [-0.05, 0) is 128 Å². The van der Waals surface area contributed by atoms with Crippen LogP contribution in [0.5, 0.6) is 0 Å². The Hall–Kier alpha value is -8.99. The summed E-state index contributed by atoms with van der Waals surface area (Å²) < 4.78 is 114. The molecule has 17 heteroatoms. The summed E-state index contributed by atoms with van der Waals surface area (Å²) in [6.07, 6.45) is -0.323. The smallest absolute Gasteiger partial charge is 0.322 e. The first-order valence-electron chi connectivity index (χ1n) is 21.5. The Labute approximate surface area is 398 Å². The summed E-state index contributed by atoms with van der Waals surface area (Å²) in [6, 6.07) is 35.1. The van der Waals surface area contributed by atoms with E-state index in [1.165, 1.54) is 71.5 Å². The number of imidazole rings is 2. The molecule has 0 spiro atoms. The van der Waals surface area contributed by atoms with E-state index < -0.39 is 58.2 Å². The highest BCUT2D eigenvalue weighted by Crippen LogP contribution is 2.37. The van der Waals surface area contributed by atoms with Crippen LogP contribution in [0.15, 0.2) is 164 Å². The maximum atomic E-state index is 14.4. The van der Waals surface area contributed by atoms with Gasteiger partial charge >= 0.3 is 6.18 Å². The molecular weight excluding hydrogens is 931 g/mol. The molecule has 71 heavy (non-hydrogen) atoms. The van der Waals surface area contributed by atoms with Gasteiger partial charge in [0.15, 0.2) is 23.3 Å². The highest BCUT2D eigenvalue weighted by atomic mass is 19.4. The van der Waals surface area contributed by atoms with Crippen LogP contribution >= 0.6 is 0 Å². The van der Waals surface area contributed by atoms with Gasteiger partial charge in [0.2, 0.25) is 0 Å². The fourth-order valence-corrected chi connectivity index (χ4v) is 7.87. The van der Waals surface area contributed by atoms with Crippen molar-refractivity contribution in [3.05, 3.63) is 221 Å². The van der Waals surface area contributed by atoms with Crippen LogP contribution in [0.4, 0.5) is 46.5 Å². The van der Waals surface area contributed by atoms with E-state index in [9.17, 15) is 44.7 Å². The van der Waals surface area contributed by atoms with Crippen molar-refractivity contribution >= 4 is 34.4 Å². The average Bonchev–Trinajstić information content (AvgIpc) is 4.00.